The van der Waals surface area contributed by atoms with Crippen LogP contribution in [0.5, 0.6) is 0 Å². The predicted molar refractivity (Wildman–Crippen MR) is 67.9 cm³/mol. The normalized spacial score (nSPS) is 23.4. The molecule has 1 N–H and O–H groups in total. The van der Waals surface area contributed by atoms with Crippen molar-refractivity contribution in [3.05, 3.63) is 35.6 Å². The van der Waals surface area contributed by atoms with Crippen LogP contribution >= 0.6 is 0 Å². The van der Waals surface area contributed by atoms with Gasteiger partial charge in [-0.3, -0.25) is 0 Å². The van der Waals surface area contributed by atoms with Gasteiger partial charge < -0.3 is 14.8 Å². The van der Waals surface area contributed by atoms with Gasteiger partial charge in [-0.2, -0.15) is 0 Å². The molecule has 1 saturated heterocycles. The number of hydrogen-bond donors (Lipinski definition) is 1. The maximum absolute atomic E-state index is 13.2. The third-order valence-corrected chi connectivity index (χ3v) is 3.28. The lowest BCUT2D eigenvalue weighted by Crippen LogP contribution is -2.27. The first-order chi connectivity index (χ1) is 8.81. The molecule has 2 unspecified atom stereocenters. The van der Waals surface area contributed by atoms with Crippen molar-refractivity contribution in [2.75, 3.05) is 33.4 Å². The molecule has 4 heteroatoms. The van der Waals surface area contributed by atoms with Gasteiger partial charge in [0.25, 0.3) is 0 Å². The monoisotopic (exact) mass is 253 g/mol. The summed E-state index contributed by atoms with van der Waals surface area (Å²) in [5.74, 6) is 0.206. The van der Waals surface area contributed by atoms with Gasteiger partial charge in [-0.1, -0.05) is 12.1 Å². The number of nitrogens with one attached hydrogen (secondary N) is 1. The van der Waals surface area contributed by atoms with E-state index >= 15 is 0 Å². The van der Waals surface area contributed by atoms with Crippen molar-refractivity contribution in [1.29, 1.82) is 0 Å². The van der Waals surface area contributed by atoms with Crippen molar-refractivity contribution >= 4 is 0 Å². The van der Waals surface area contributed by atoms with E-state index in [1.807, 2.05) is 6.07 Å². The Morgan fingerprint density at radius 2 is 2.39 bits per heavy atom. The molecule has 0 spiro atoms. The molecule has 100 valence electrons. The summed E-state index contributed by atoms with van der Waals surface area (Å²) in [4.78, 5) is 0. The smallest absolute Gasteiger partial charge is 0.123 e. The fourth-order valence-corrected chi connectivity index (χ4v) is 2.36. The minimum atomic E-state index is -0.200. The molecule has 1 aromatic carbocycles. The average molecular weight is 253 g/mol. The van der Waals surface area contributed by atoms with Gasteiger partial charge in [0.1, 0.15) is 5.82 Å². The Morgan fingerprint density at radius 1 is 1.50 bits per heavy atom. The van der Waals surface area contributed by atoms with Gasteiger partial charge in [-0.25, -0.2) is 4.39 Å². The molecular weight excluding hydrogens is 233 g/mol. The highest BCUT2D eigenvalue weighted by molar-refractivity contribution is 5.20. The third-order valence-electron chi connectivity index (χ3n) is 3.28. The van der Waals surface area contributed by atoms with Gasteiger partial charge >= 0.3 is 0 Å². The number of methoxy groups -OCH3 is 1. The largest absolute Gasteiger partial charge is 0.383 e. The Bertz CT molecular complexity index is 373. The molecule has 0 bridgehead atoms. The molecular formula is C14H20FNO2. The van der Waals surface area contributed by atoms with Gasteiger partial charge in [0, 0.05) is 32.7 Å². The highest BCUT2D eigenvalue weighted by Gasteiger charge is 2.29. The quantitative estimate of drug-likeness (QED) is 0.788. The topological polar surface area (TPSA) is 30.5 Å². The zero-order chi connectivity index (χ0) is 12.8. The molecule has 0 radical (unpaired) electrons. The van der Waals surface area contributed by atoms with Crippen LogP contribution < -0.4 is 5.32 Å². The molecule has 1 aliphatic rings. The van der Waals surface area contributed by atoms with Crippen LogP contribution in [0.3, 0.4) is 0 Å². The first kappa shape index (κ1) is 13.5. The summed E-state index contributed by atoms with van der Waals surface area (Å²) in [7, 11) is 1.69. The second-order valence-electron chi connectivity index (χ2n) is 4.59. The van der Waals surface area contributed by atoms with Crippen LogP contribution in [0.2, 0.25) is 0 Å². The minimum Gasteiger partial charge on any atom is -0.383 e. The first-order valence-corrected chi connectivity index (χ1v) is 6.38. The molecule has 0 amide bonds. The number of halogens is 1. The highest BCUT2D eigenvalue weighted by Crippen LogP contribution is 2.34. The average Bonchev–Trinajstić information content (AvgIpc) is 2.83. The number of rotatable bonds is 6. The molecule has 2 atom stereocenters. The minimum absolute atomic E-state index is 0.00995. The third kappa shape index (κ3) is 3.51. The van der Waals surface area contributed by atoms with E-state index in [2.05, 4.69) is 5.32 Å². The van der Waals surface area contributed by atoms with Crippen LogP contribution in [0.15, 0.2) is 24.3 Å². The first-order valence-electron chi connectivity index (χ1n) is 6.38. The fourth-order valence-electron chi connectivity index (χ4n) is 2.36. The number of benzene rings is 1. The van der Waals surface area contributed by atoms with E-state index in [1.54, 1.807) is 19.2 Å². The van der Waals surface area contributed by atoms with E-state index in [0.29, 0.717) is 12.5 Å². The van der Waals surface area contributed by atoms with E-state index in [0.717, 1.165) is 31.7 Å². The maximum atomic E-state index is 13.2. The zero-order valence-electron chi connectivity index (χ0n) is 10.7. The SMILES string of the molecule is COCCNCC1CCOC1c1cccc(F)c1. The molecule has 3 nitrogen and oxygen atoms in total. The molecule has 0 aliphatic carbocycles. The Morgan fingerprint density at radius 3 is 3.17 bits per heavy atom. The molecule has 1 fully saturated rings. The van der Waals surface area contributed by atoms with Gasteiger partial charge in [-0.05, 0) is 24.1 Å². The van der Waals surface area contributed by atoms with E-state index in [-0.39, 0.29) is 11.9 Å². The number of ether oxygens (including phenoxy) is 2. The summed E-state index contributed by atoms with van der Waals surface area (Å²) in [6.07, 6.45) is 1.02. The van der Waals surface area contributed by atoms with Crippen molar-refractivity contribution in [2.45, 2.75) is 12.5 Å². The van der Waals surface area contributed by atoms with Crippen LogP contribution in [-0.2, 0) is 9.47 Å². The summed E-state index contributed by atoms with van der Waals surface area (Å²) < 4.78 is 23.9. The number of hydrogen-bond acceptors (Lipinski definition) is 3. The fraction of sp³-hybridized carbons (Fsp3) is 0.571. The summed E-state index contributed by atoms with van der Waals surface area (Å²) in [5, 5.41) is 3.34. The molecule has 2 rings (SSSR count). The van der Waals surface area contributed by atoms with Gasteiger partial charge in [0.2, 0.25) is 0 Å². The van der Waals surface area contributed by atoms with Crippen LogP contribution in [-0.4, -0.2) is 33.4 Å². The second kappa shape index (κ2) is 6.83. The van der Waals surface area contributed by atoms with Crippen molar-refractivity contribution in [2.24, 2.45) is 5.92 Å². The summed E-state index contributed by atoms with van der Waals surface area (Å²) >= 11 is 0. The lowest BCUT2D eigenvalue weighted by molar-refractivity contribution is 0.0896. The molecule has 1 heterocycles. The predicted octanol–water partition coefficient (Wildman–Crippen LogP) is 2.14. The highest BCUT2D eigenvalue weighted by atomic mass is 19.1. The Balaban J connectivity index is 1.91. The molecule has 18 heavy (non-hydrogen) atoms. The van der Waals surface area contributed by atoms with Crippen molar-refractivity contribution < 1.29 is 13.9 Å². The van der Waals surface area contributed by atoms with Crippen LogP contribution in [0.25, 0.3) is 0 Å². The lowest BCUT2D eigenvalue weighted by atomic mass is 9.95. The van der Waals surface area contributed by atoms with Crippen LogP contribution in [0.1, 0.15) is 18.1 Å². The summed E-state index contributed by atoms with van der Waals surface area (Å²) in [6, 6.07) is 6.70. The van der Waals surface area contributed by atoms with E-state index in [9.17, 15) is 4.39 Å². The van der Waals surface area contributed by atoms with Crippen LogP contribution in [0.4, 0.5) is 4.39 Å². The summed E-state index contributed by atoms with van der Waals surface area (Å²) in [5.41, 5.74) is 0.936. The Labute approximate surface area is 107 Å². The maximum Gasteiger partial charge on any atom is 0.123 e. The van der Waals surface area contributed by atoms with Gasteiger partial charge in [0.15, 0.2) is 0 Å². The van der Waals surface area contributed by atoms with Crippen LogP contribution in [0, 0.1) is 11.7 Å². The summed E-state index contributed by atoms with van der Waals surface area (Å²) in [6.45, 7) is 3.17. The van der Waals surface area contributed by atoms with Crippen molar-refractivity contribution in [3.63, 3.8) is 0 Å². The molecule has 0 aromatic heterocycles. The van der Waals surface area contributed by atoms with Gasteiger partial charge in [0.05, 0.1) is 12.7 Å². The van der Waals surface area contributed by atoms with E-state index in [4.69, 9.17) is 9.47 Å². The molecule has 1 aliphatic heterocycles. The van der Waals surface area contributed by atoms with E-state index < -0.39 is 0 Å². The Kier molecular flexibility index (Phi) is 5.11. The van der Waals surface area contributed by atoms with Gasteiger partial charge in [-0.15, -0.1) is 0 Å². The lowest BCUT2D eigenvalue weighted by Gasteiger charge is -2.19. The van der Waals surface area contributed by atoms with Crippen molar-refractivity contribution in [3.8, 4) is 0 Å². The zero-order valence-corrected chi connectivity index (χ0v) is 10.7. The Hall–Kier alpha value is -0.970. The second-order valence-corrected chi connectivity index (χ2v) is 4.59. The standard InChI is InChI=1S/C14H20FNO2/c1-17-8-6-16-10-12-5-7-18-14(12)11-3-2-4-13(15)9-11/h2-4,9,12,14,16H,5-8,10H2,1H3. The van der Waals surface area contributed by atoms with E-state index in [1.165, 1.54) is 6.07 Å². The molecule has 0 saturated carbocycles. The molecule has 1 aromatic rings. The van der Waals surface area contributed by atoms with Crippen molar-refractivity contribution in [1.82, 2.24) is 5.32 Å².